The third-order valence-corrected chi connectivity index (χ3v) is 4.12. The van der Waals surface area contributed by atoms with Crippen molar-refractivity contribution in [3.63, 3.8) is 0 Å². The van der Waals surface area contributed by atoms with Crippen LogP contribution in [0, 0.1) is 6.92 Å². The van der Waals surface area contributed by atoms with Gasteiger partial charge in [0.2, 0.25) is 0 Å². The Morgan fingerprint density at radius 3 is 2.77 bits per heavy atom. The summed E-state index contributed by atoms with van der Waals surface area (Å²) in [6.07, 6.45) is 5.47. The van der Waals surface area contributed by atoms with E-state index < -0.39 is 0 Å². The zero-order valence-electron chi connectivity index (χ0n) is 12.2. The highest BCUT2D eigenvalue weighted by molar-refractivity contribution is 7.11. The molecule has 0 saturated carbocycles. The Labute approximate surface area is 132 Å². The second-order valence-corrected chi connectivity index (χ2v) is 6.25. The molecule has 0 fully saturated rings. The van der Waals surface area contributed by atoms with Crippen LogP contribution in [0.5, 0.6) is 0 Å². The van der Waals surface area contributed by atoms with Gasteiger partial charge >= 0.3 is 0 Å². The van der Waals surface area contributed by atoms with E-state index in [0.29, 0.717) is 18.7 Å². The minimum Gasteiger partial charge on any atom is -0.347 e. The maximum atomic E-state index is 12.1. The van der Waals surface area contributed by atoms with Gasteiger partial charge < -0.3 is 5.32 Å². The first kappa shape index (κ1) is 14.5. The number of amides is 1. The largest absolute Gasteiger partial charge is 0.347 e. The number of hydrogen-bond donors (Lipinski definition) is 1. The van der Waals surface area contributed by atoms with Crippen LogP contribution in [0.2, 0.25) is 0 Å². The number of nitrogens with one attached hydrogen (secondary N) is 1. The lowest BCUT2D eigenvalue weighted by atomic mass is 10.1. The lowest BCUT2D eigenvalue weighted by Crippen LogP contribution is -2.22. The third kappa shape index (κ3) is 3.59. The minimum absolute atomic E-state index is 0.0725. The summed E-state index contributed by atoms with van der Waals surface area (Å²) in [6, 6.07) is 9.47. The van der Waals surface area contributed by atoms with E-state index in [1.54, 1.807) is 23.7 Å². The fraction of sp³-hybridized carbons (Fsp3) is 0.188. The molecule has 0 bridgehead atoms. The molecule has 5 nitrogen and oxygen atoms in total. The Bertz CT molecular complexity index is 747. The summed E-state index contributed by atoms with van der Waals surface area (Å²) in [7, 11) is 0. The van der Waals surface area contributed by atoms with Gasteiger partial charge in [-0.1, -0.05) is 12.1 Å². The van der Waals surface area contributed by atoms with Crippen molar-refractivity contribution in [3.8, 4) is 0 Å². The summed E-state index contributed by atoms with van der Waals surface area (Å²) in [5.74, 6) is -0.0725. The average molecular weight is 312 g/mol. The van der Waals surface area contributed by atoms with Crippen LogP contribution in [0.4, 0.5) is 0 Å². The van der Waals surface area contributed by atoms with Gasteiger partial charge in [0, 0.05) is 29.0 Å². The number of rotatable bonds is 5. The fourth-order valence-corrected chi connectivity index (χ4v) is 2.83. The Hall–Kier alpha value is -2.47. The van der Waals surface area contributed by atoms with Gasteiger partial charge in [-0.15, -0.1) is 11.3 Å². The van der Waals surface area contributed by atoms with Crippen LogP contribution in [0.3, 0.4) is 0 Å². The van der Waals surface area contributed by atoms with Crippen molar-refractivity contribution in [2.45, 2.75) is 20.0 Å². The number of carbonyl (C=O) groups excluding carboxylic acids is 1. The monoisotopic (exact) mass is 312 g/mol. The summed E-state index contributed by atoms with van der Waals surface area (Å²) < 4.78 is 1.85. The van der Waals surface area contributed by atoms with Gasteiger partial charge in [0.25, 0.3) is 5.91 Å². The molecule has 1 amide bonds. The molecule has 22 heavy (non-hydrogen) atoms. The van der Waals surface area contributed by atoms with Crippen LogP contribution in [0.25, 0.3) is 0 Å². The quantitative estimate of drug-likeness (QED) is 0.788. The Kier molecular flexibility index (Phi) is 4.29. The lowest BCUT2D eigenvalue weighted by molar-refractivity contribution is 0.0951. The minimum atomic E-state index is -0.0725. The van der Waals surface area contributed by atoms with Crippen LogP contribution in [-0.4, -0.2) is 20.7 Å². The molecule has 0 radical (unpaired) electrons. The van der Waals surface area contributed by atoms with Gasteiger partial charge in [0.1, 0.15) is 0 Å². The molecule has 0 spiro atoms. The van der Waals surface area contributed by atoms with Crippen molar-refractivity contribution in [3.05, 3.63) is 69.9 Å². The predicted molar refractivity (Wildman–Crippen MR) is 85.8 cm³/mol. The van der Waals surface area contributed by atoms with E-state index in [4.69, 9.17) is 0 Å². The topological polar surface area (TPSA) is 59.8 Å². The number of benzene rings is 1. The van der Waals surface area contributed by atoms with Crippen LogP contribution in [0.15, 0.2) is 48.9 Å². The number of hydrogen-bond acceptors (Lipinski definition) is 4. The smallest absolute Gasteiger partial charge is 0.251 e. The molecule has 3 aromatic rings. The average Bonchev–Trinajstić information content (AvgIpc) is 3.17. The van der Waals surface area contributed by atoms with Gasteiger partial charge in [0.05, 0.1) is 18.1 Å². The fourth-order valence-electron chi connectivity index (χ4n) is 2.10. The Morgan fingerprint density at radius 2 is 2.14 bits per heavy atom. The number of carbonyl (C=O) groups is 1. The molecule has 1 N–H and O–H groups in total. The van der Waals surface area contributed by atoms with Crippen molar-refractivity contribution in [2.75, 3.05) is 0 Å². The van der Waals surface area contributed by atoms with Crippen LogP contribution in [-0.2, 0) is 13.1 Å². The van der Waals surface area contributed by atoms with Crippen molar-refractivity contribution in [1.82, 2.24) is 20.1 Å². The molecule has 0 aliphatic rings. The summed E-state index contributed by atoms with van der Waals surface area (Å²) in [4.78, 5) is 17.3. The van der Waals surface area contributed by atoms with Gasteiger partial charge in [0.15, 0.2) is 0 Å². The van der Waals surface area contributed by atoms with Crippen molar-refractivity contribution >= 4 is 17.2 Å². The van der Waals surface area contributed by atoms with Gasteiger partial charge in [-0.2, -0.15) is 5.10 Å². The molecule has 0 atom stereocenters. The number of aryl methyl sites for hydroxylation is 1. The van der Waals surface area contributed by atoms with Gasteiger partial charge in [-0.3, -0.25) is 9.48 Å². The van der Waals surface area contributed by atoms with Crippen LogP contribution < -0.4 is 5.32 Å². The van der Waals surface area contributed by atoms with Crippen molar-refractivity contribution in [2.24, 2.45) is 0 Å². The SMILES string of the molecule is Cc1ncc(CNC(=O)c2ccc(Cn3cccn3)cc2)s1. The molecule has 0 saturated heterocycles. The summed E-state index contributed by atoms with van der Waals surface area (Å²) in [6.45, 7) is 3.17. The standard InChI is InChI=1S/C16H16N4OS/c1-12-17-9-15(22-12)10-18-16(21)14-5-3-13(4-6-14)11-20-8-2-7-19-20/h2-9H,10-11H2,1H3,(H,18,21). The van der Waals surface area contributed by atoms with Gasteiger partial charge in [-0.05, 0) is 30.7 Å². The number of nitrogens with zero attached hydrogens (tertiary/aromatic N) is 3. The maximum Gasteiger partial charge on any atom is 0.251 e. The second-order valence-electron chi connectivity index (χ2n) is 4.93. The molecule has 2 aromatic heterocycles. The third-order valence-electron chi connectivity index (χ3n) is 3.21. The summed E-state index contributed by atoms with van der Waals surface area (Å²) >= 11 is 1.59. The second kappa shape index (κ2) is 6.53. The molecule has 0 aliphatic heterocycles. The zero-order chi connectivity index (χ0) is 15.4. The predicted octanol–water partition coefficient (Wildman–Crippen LogP) is 2.63. The number of aromatic nitrogens is 3. The zero-order valence-corrected chi connectivity index (χ0v) is 13.0. The van der Waals surface area contributed by atoms with E-state index in [1.165, 1.54) is 0 Å². The highest BCUT2D eigenvalue weighted by Crippen LogP contribution is 2.11. The van der Waals surface area contributed by atoms with Gasteiger partial charge in [-0.25, -0.2) is 4.98 Å². The first-order valence-corrected chi connectivity index (χ1v) is 7.78. The van der Waals surface area contributed by atoms with Crippen molar-refractivity contribution in [1.29, 1.82) is 0 Å². The lowest BCUT2D eigenvalue weighted by Gasteiger charge is -2.05. The molecule has 2 heterocycles. The Balaban J connectivity index is 1.58. The highest BCUT2D eigenvalue weighted by atomic mass is 32.1. The molecule has 3 rings (SSSR count). The number of thiazole rings is 1. The van der Waals surface area contributed by atoms with Crippen LogP contribution >= 0.6 is 11.3 Å². The summed E-state index contributed by atoms with van der Waals surface area (Å²) in [5.41, 5.74) is 1.77. The Morgan fingerprint density at radius 1 is 1.32 bits per heavy atom. The van der Waals surface area contributed by atoms with E-state index in [1.807, 2.05) is 48.1 Å². The first-order chi connectivity index (χ1) is 10.7. The van der Waals surface area contributed by atoms with E-state index in [-0.39, 0.29) is 5.91 Å². The molecule has 6 heteroatoms. The van der Waals surface area contributed by atoms with Crippen molar-refractivity contribution < 1.29 is 4.79 Å². The van der Waals surface area contributed by atoms with E-state index in [2.05, 4.69) is 15.4 Å². The first-order valence-electron chi connectivity index (χ1n) is 6.96. The molecule has 0 aliphatic carbocycles. The molecular weight excluding hydrogens is 296 g/mol. The highest BCUT2D eigenvalue weighted by Gasteiger charge is 2.06. The van der Waals surface area contributed by atoms with Crippen LogP contribution in [0.1, 0.15) is 25.8 Å². The molecule has 1 aromatic carbocycles. The van der Waals surface area contributed by atoms with E-state index in [0.717, 1.165) is 15.4 Å². The maximum absolute atomic E-state index is 12.1. The van der Waals surface area contributed by atoms with E-state index in [9.17, 15) is 4.79 Å². The molecule has 112 valence electrons. The summed E-state index contributed by atoms with van der Waals surface area (Å²) in [5, 5.41) is 8.08. The normalized spacial score (nSPS) is 10.6. The molecule has 0 unspecified atom stereocenters. The van der Waals surface area contributed by atoms with E-state index >= 15 is 0 Å². The molecular formula is C16H16N4OS.